The second kappa shape index (κ2) is 27.2. The largest absolute Gasteiger partial charge is 0.465 e. The summed E-state index contributed by atoms with van der Waals surface area (Å²) >= 11 is 0. The Morgan fingerprint density at radius 3 is 1.64 bits per heavy atom. The van der Waals surface area contributed by atoms with E-state index in [1.54, 1.807) is 0 Å². The molecule has 0 radical (unpaired) electrons. The van der Waals surface area contributed by atoms with Gasteiger partial charge >= 0.3 is 5.97 Å². The molecular weight excluding hydrogens is 436 g/mol. The van der Waals surface area contributed by atoms with Gasteiger partial charge in [-0.3, -0.25) is 10.2 Å². The molecule has 0 aliphatic heterocycles. The van der Waals surface area contributed by atoms with Gasteiger partial charge in [-0.05, 0) is 32.7 Å². The standard InChI is InChI=1S/C26H54N4O2.ClH/c1-3-5-6-7-8-9-10-11-12-13-14-15-16-17-18-19-22-29-24(25(31)32-4-2)21-20-23-30-26(27)28;/h24,29H,3-23H2,1-2H3,(H4,27,28,30);1H/t24-;/m0./s1. The maximum atomic E-state index is 12.1. The Bertz CT molecular complexity index is 439. The molecule has 1 atom stereocenters. The van der Waals surface area contributed by atoms with Crippen molar-refractivity contribution in [2.45, 2.75) is 135 Å². The van der Waals surface area contributed by atoms with Crippen LogP contribution in [0.25, 0.3) is 0 Å². The number of hydrogen-bond acceptors (Lipinski definition) is 4. The van der Waals surface area contributed by atoms with Crippen molar-refractivity contribution in [3.63, 3.8) is 0 Å². The minimum Gasteiger partial charge on any atom is -0.465 e. The second-order valence-electron chi connectivity index (χ2n) is 9.04. The summed E-state index contributed by atoms with van der Waals surface area (Å²) < 4.78 is 5.18. The lowest BCUT2D eigenvalue weighted by Crippen LogP contribution is -2.39. The van der Waals surface area contributed by atoms with Gasteiger partial charge in [-0.25, -0.2) is 0 Å². The Balaban J connectivity index is 0. The molecular formula is C26H55ClN4O2. The van der Waals surface area contributed by atoms with Crippen molar-refractivity contribution in [3.8, 4) is 0 Å². The van der Waals surface area contributed by atoms with Crippen molar-refractivity contribution in [1.82, 2.24) is 10.6 Å². The maximum Gasteiger partial charge on any atom is 0.323 e. The average Bonchev–Trinajstić information content (AvgIpc) is 2.77. The smallest absolute Gasteiger partial charge is 0.323 e. The molecule has 198 valence electrons. The van der Waals surface area contributed by atoms with Gasteiger partial charge in [-0.1, -0.05) is 103 Å². The van der Waals surface area contributed by atoms with Gasteiger partial charge in [0.1, 0.15) is 6.04 Å². The van der Waals surface area contributed by atoms with E-state index in [0.717, 1.165) is 19.4 Å². The van der Waals surface area contributed by atoms with E-state index < -0.39 is 0 Å². The average molecular weight is 491 g/mol. The normalized spacial score (nSPS) is 11.6. The lowest BCUT2D eigenvalue weighted by molar-refractivity contribution is -0.145. The van der Waals surface area contributed by atoms with Crippen LogP contribution in [0.4, 0.5) is 0 Å². The van der Waals surface area contributed by atoms with Crippen LogP contribution in [-0.2, 0) is 9.53 Å². The fraction of sp³-hybridized carbons (Fsp3) is 0.923. The number of halogens is 1. The topological polar surface area (TPSA) is 100 Å². The minimum atomic E-state index is -0.264. The zero-order valence-electron chi connectivity index (χ0n) is 21.7. The van der Waals surface area contributed by atoms with Gasteiger partial charge in [-0.15, -0.1) is 12.4 Å². The molecule has 0 aliphatic rings. The molecule has 33 heavy (non-hydrogen) atoms. The number of unbranched alkanes of at least 4 members (excludes halogenated alkanes) is 15. The van der Waals surface area contributed by atoms with E-state index in [1.165, 1.54) is 96.3 Å². The molecule has 0 rings (SSSR count). The van der Waals surface area contributed by atoms with Crippen LogP contribution in [0.5, 0.6) is 0 Å². The summed E-state index contributed by atoms with van der Waals surface area (Å²) in [4.78, 5) is 12.1. The summed E-state index contributed by atoms with van der Waals surface area (Å²) in [5.41, 5.74) is 5.29. The first-order chi connectivity index (χ1) is 15.6. The maximum absolute atomic E-state index is 12.1. The van der Waals surface area contributed by atoms with Crippen molar-refractivity contribution in [2.24, 2.45) is 5.73 Å². The van der Waals surface area contributed by atoms with Gasteiger partial charge in [-0.2, -0.15) is 0 Å². The third kappa shape index (κ3) is 25.5. The number of rotatable bonds is 24. The lowest BCUT2D eigenvalue weighted by Gasteiger charge is -2.17. The lowest BCUT2D eigenvalue weighted by atomic mass is 10.0. The summed E-state index contributed by atoms with van der Waals surface area (Å²) in [5.74, 6) is -0.203. The Morgan fingerprint density at radius 2 is 1.21 bits per heavy atom. The SMILES string of the molecule is CCCCCCCCCCCCCCCCCCN[C@@H](CCCNC(=N)N)C(=O)OCC.Cl. The Hall–Kier alpha value is -1.01. The first-order valence-electron chi connectivity index (χ1n) is 13.6. The fourth-order valence-corrected chi connectivity index (χ4v) is 4.02. The predicted octanol–water partition coefficient (Wildman–Crippen LogP) is 6.45. The second-order valence-corrected chi connectivity index (χ2v) is 9.04. The van der Waals surface area contributed by atoms with Gasteiger partial charge in [0.05, 0.1) is 6.61 Å². The molecule has 0 aromatic heterocycles. The summed E-state index contributed by atoms with van der Waals surface area (Å²) in [5, 5.41) is 13.3. The molecule has 0 saturated carbocycles. The van der Waals surface area contributed by atoms with E-state index in [2.05, 4.69) is 17.6 Å². The number of nitrogens with one attached hydrogen (secondary N) is 3. The van der Waals surface area contributed by atoms with Crippen LogP contribution < -0.4 is 16.4 Å². The Labute approximate surface area is 210 Å². The highest BCUT2D eigenvalue weighted by Crippen LogP contribution is 2.13. The molecule has 6 nitrogen and oxygen atoms in total. The minimum absolute atomic E-state index is 0. The van der Waals surface area contributed by atoms with E-state index in [-0.39, 0.29) is 30.4 Å². The van der Waals surface area contributed by atoms with Crippen LogP contribution >= 0.6 is 12.4 Å². The molecule has 0 fully saturated rings. The van der Waals surface area contributed by atoms with Gasteiger partial charge in [0.2, 0.25) is 0 Å². The van der Waals surface area contributed by atoms with Gasteiger partial charge < -0.3 is 21.1 Å². The van der Waals surface area contributed by atoms with E-state index in [4.69, 9.17) is 15.9 Å². The summed E-state index contributed by atoms with van der Waals surface area (Å²) in [6, 6.07) is -0.264. The van der Waals surface area contributed by atoms with E-state index in [1.807, 2.05) is 6.92 Å². The van der Waals surface area contributed by atoms with Crippen molar-refractivity contribution < 1.29 is 9.53 Å². The zero-order valence-corrected chi connectivity index (χ0v) is 22.5. The number of guanidine groups is 1. The summed E-state index contributed by atoms with van der Waals surface area (Å²) in [7, 11) is 0. The molecule has 0 unspecified atom stereocenters. The van der Waals surface area contributed by atoms with Gasteiger partial charge in [0.15, 0.2) is 5.96 Å². The van der Waals surface area contributed by atoms with Crippen molar-refractivity contribution in [2.75, 3.05) is 19.7 Å². The molecule has 0 heterocycles. The predicted molar refractivity (Wildman–Crippen MR) is 144 cm³/mol. The van der Waals surface area contributed by atoms with E-state index in [0.29, 0.717) is 19.6 Å². The first kappa shape index (κ1) is 34.2. The number of esters is 1. The molecule has 0 spiro atoms. The van der Waals surface area contributed by atoms with E-state index in [9.17, 15) is 4.79 Å². The van der Waals surface area contributed by atoms with Crippen LogP contribution in [0.15, 0.2) is 0 Å². The molecule has 0 aromatic carbocycles. The highest BCUT2D eigenvalue weighted by atomic mass is 35.5. The van der Waals surface area contributed by atoms with Crippen molar-refractivity contribution >= 4 is 24.3 Å². The fourth-order valence-electron chi connectivity index (χ4n) is 4.02. The molecule has 0 amide bonds. The molecule has 0 aromatic rings. The highest BCUT2D eigenvalue weighted by Gasteiger charge is 2.18. The number of carbonyl (C=O) groups excluding carboxylic acids is 1. The first-order valence-corrected chi connectivity index (χ1v) is 13.6. The number of carbonyl (C=O) groups is 1. The third-order valence-corrected chi connectivity index (χ3v) is 5.98. The van der Waals surface area contributed by atoms with Crippen LogP contribution in [0.3, 0.4) is 0 Å². The summed E-state index contributed by atoms with van der Waals surface area (Å²) in [6.45, 7) is 5.97. The molecule has 0 saturated heterocycles. The van der Waals surface area contributed by atoms with Crippen molar-refractivity contribution in [3.05, 3.63) is 0 Å². The quantitative estimate of drug-likeness (QED) is 0.0538. The molecule has 7 heteroatoms. The zero-order chi connectivity index (χ0) is 23.7. The van der Waals surface area contributed by atoms with E-state index >= 15 is 0 Å². The van der Waals surface area contributed by atoms with Crippen LogP contribution in [0, 0.1) is 5.41 Å². The Morgan fingerprint density at radius 1 is 0.758 bits per heavy atom. The molecule has 0 aliphatic carbocycles. The Kier molecular flexibility index (Phi) is 28.2. The number of nitrogens with two attached hydrogens (primary N) is 1. The number of ether oxygens (including phenoxy) is 1. The van der Waals surface area contributed by atoms with Crippen LogP contribution in [0.2, 0.25) is 0 Å². The third-order valence-electron chi connectivity index (χ3n) is 5.98. The highest BCUT2D eigenvalue weighted by molar-refractivity contribution is 5.85. The molecule has 0 bridgehead atoms. The monoisotopic (exact) mass is 490 g/mol. The van der Waals surface area contributed by atoms with Gasteiger partial charge in [0.25, 0.3) is 0 Å². The van der Waals surface area contributed by atoms with Crippen LogP contribution in [0.1, 0.15) is 129 Å². The van der Waals surface area contributed by atoms with Crippen molar-refractivity contribution in [1.29, 1.82) is 5.41 Å². The van der Waals surface area contributed by atoms with Gasteiger partial charge in [0, 0.05) is 6.54 Å². The summed E-state index contributed by atoms with van der Waals surface area (Å²) in [6.07, 6.45) is 23.3. The van der Waals surface area contributed by atoms with Crippen LogP contribution in [-0.4, -0.2) is 37.7 Å². The molecule has 5 N–H and O–H groups in total. The number of hydrogen-bond donors (Lipinski definition) is 4.